The van der Waals surface area contributed by atoms with Crippen molar-refractivity contribution in [3.63, 3.8) is 0 Å². The fourth-order valence-electron chi connectivity index (χ4n) is 2.86. The molecule has 0 aromatic carbocycles. The van der Waals surface area contributed by atoms with E-state index in [1.165, 1.54) is 5.38 Å². The van der Waals surface area contributed by atoms with E-state index in [2.05, 4.69) is 10.1 Å². The lowest BCUT2D eigenvalue weighted by Crippen LogP contribution is -2.54. The maximum Gasteiger partial charge on any atom is 0.357 e. The summed E-state index contributed by atoms with van der Waals surface area (Å²) >= 11 is 0.973. The van der Waals surface area contributed by atoms with Gasteiger partial charge in [-0.3, -0.25) is 0 Å². The van der Waals surface area contributed by atoms with Crippen LogP contribution in [-0.2, 0) is 4.74 Å². The van der Waals surface area contributed by atoms with Crippen LogP contribution in [0.1, 0.15) is 36.7 Å². The summed E-state index contributed by atoms with van der Waals surface area (Å²) in [5.74, 6) is -1.32. The first kappa shape index (κ1) is 15.3. The summed E-state index contributed by atoms with van der Waals surface area (Å²) in [4.78, 5) is 15.6. The molecule has 0 amide bonds. The highest BCUT2D eigenvalue weighted by Crippen LogP contribution is 2.46. The molecule has 0 saturated heterocycles. The monoisotopic (exact) mass is 331 g/mol. The molecule has 1 fully saturated rings. The number of alkyl halides is 2. The van der Waals surface area contributed by atoms with Gasteiger partial charge in [-0.15, -0.1) is 11.3 Å². The number of hydrogen-bond donors (Lipinski definition) is 1. The van der Waals surface area contributed by atoms with Crippen molar-refractivity contribution in [1.82, 2.24) is 4.98 Å². The predicted octanol–water partition coefficient (Wildman–Crippen LogP) is 2.25. The van der Waals surface area contributed by atoms with E-state index >= 15 is 0 Å². The largest absolute Gasteiger partial charge is 0.461 e. The molecule has 2 atom stereocenters. The minimum Gasteiger partial charge on any atom is -0.461 e. The molecule has 2 aliphatic rings. The molecule has 1 aromatic heterocycles. The number of carbonyl (C=O) groups excluding carboxylic acids is 1. The SMILES string of the molecule is CCOC(=O)c1csc(N2N=C3CCCC3C2(O)C(F)F)n1. The van der Waals surface area contributed by atoms with E-state index in [1.807, 2.05) is 0 Å². The van der Waals surface area contributed by atoms with Crippen LogP contribution in [0.2, 0.25) is 0 Å². The second kappa shape index (κ2) is 5.54. The Kier molecular flexibility index (Phi) is 3.85. The van der Waals surface area contributed by atoms with Gasteiger partial charge in [0.05, 0.1) is 12.5 Å². The van der Waals surface area contributed by atoms with Gasteiger partial charge in [0.2, 0.25) is 10.9 Å². The molecule has 1 aromatic rings. The van der Waals surface area contributed by atoms with E-state index in [4.69, 9.17) is 4.74 Å². The number of nitrogens with zero attached hydrogens (tertiary/aromatic N) is 3. The highest BCUT2D eigenvalue weighted by atomic mass is 32.1. The first-order valence-electron chi connectivity index (χ1n) is 6.99. The second-order valence-electron chi connectivity index (χ2n) is 5.17. The zero-order chi connectivity index (χ0) is 15.9. The average molecular weight is 331 g/mol. The molecule has 0 spiro atoms. The first-order chi connectivity index (χ1) is 10.5. The standard InChI is InChI=1S/C13H15F2N3O3S/c1-2-21-10(19)9-6-22-12(16-9)18-13(20,11(14)15)7-4-3-5-8(7)17-18/h6-7,11,20H,2-5H2,1H3. The zero-order valence-corrected chi connectivity index (χ0v) is 12.6. The highest BCUT2D eigenvalue weighted by Gasteiger charge is 2.59. The van der Waals surface area contributed by atoms with Crippen molar-refractivity contribution in [2.24, 2.45) is 11.0 Å². The number of rotatable bonds is 4. The van der Waals surface area contributed by atoms with Gasteiger partial charge in [0.1, 0.15) is 0 Å². The first-order valence-corrected chi connectivity index (χ1v) is 7.87. The fraction of sp³-hybridized carbons (Fsp3) is 0.615. The maximum absolute atomic E-state index is 13.5. The summed E-state index contributed by atoms with van der Waals surface area (Å²) in [6.07, 6.45) is -1.21. The number of hydrazone groups is 1. The fourth-order valence-corrected chi connectivity index (χ4v) is 3.67. The second-order valence-corrected chi connectivity index (χ2v) is 6.00. The molecular formula is C13H15F2N3O3S. The Hall–Kier alpha value is -1.61. The minimum atomic E-state index is -2.99. The van der Waals surface area contributed by atoms with E-state index in [9.17, 15) is 18.7 Å². The zero-order valence-electron chi connectivity index (χ0n) is 11.8. The maximum atomic E-state index is 13.5. The van der Waals surface area contributed by atoms with Gasteiger partial charge in [0, 0.05) is 11.1 Å². The van der Waals surface area contributed by atoms with Crippen LogP contribution in [0.3, 0.4) is 0 Å². The van der Waals surface area contributed by atoms with Crippen LogP contribution >= 0.6 is 11.3 Å². The third-order valence-corrected chi connectivity index (χ3v) is 4.70. The Morgan fingerprint density at radius 2 is 2.45 bits per heavy atom. The Morgan fingerprint density at radius 1 is 1.68 bits per heavy atom. The van der Waals surface area contributed by atoms with Gasteiger partial charge in [-0.2, -0.15) is 5.10 Å². The number of halogens is 2. The van der Waals surface area contributed by atoms with Gasteiger partial charge in [-0.05, 0) is 26.2 Å². The molecule has 3 rings (SSSR count). The van der Waals surface area contributed by atoms with Crippen molar-refractivity contribution in [3.8, 4) is 0 Å². The van der Waals surface area contributed by atoms with E-state index in [0.29, 0.717) is 18.6 Å². The smallest absolute Gasteiger partial charge is 0.357 e. The average Bonchev–Trinajstić information content (AvgIpc) is 3.16. The van der Waals surface area contributed by atoms with E-state index in [1.54, 1.807) is 6.92 Å². The minimum absolute atomic E-state index is 0.0238. The van der Waals surface area contributed by atoms with Gasteiger partial charge in [0.25, 0.3) is 6.43 Å². The Balaban J connectivity index is 1.93. The van der Waals surface area contributed by atoms with Gasteiger partial charge >= 0.3 is 5.97 Å². The molecule has 1 saturated carbocycles. The summed E-state index contributed by atoms with van der Waals surface area (Å²) in [5.41, 5.74) is -1.80. The van der Waals surface area contributed by atoms with Crippen molar-refractivity contribution in [3.05, 3.63) is 11.1 Å². The molecule has 6 nitrogen and oxygen atoms in total. The van der Waals surface area contributed by atoms with Gasteiger partial charge in [-0.1, -0.05) is 0 Å². The van der Waals surface area contributed by atoms with Crippen molar-refractivity contribution < 1.29 is 23.4 Å². The number of fused-ring (bicyclic) bond motifs is 1. The Labute approximate surface area is 129 Å². The summed E-state index contributed by atoms with van der Waals surface area (Å²) in [6, 6.07) is 0. The third kappa shape index (κ3) is 2.19. The lowest BCUT2D eigenvalue weighted by Gasteiger charge is -2.33. The molecule has 22 heavy (non-hydrogen) atoms. The molecule has 120 valence electrons. The molecule has 2 unspecified atom stereocenters. The van der Waals surface area contributed by atoms with Gasteiger partial charge in [-0.25, -0.2) is 23.6 Å². The number of ether oxygens (including phenoxy) is 1. The van der Waals surface area contributed by atoms with Crippen LogP contribution in [0.25, 0.3) is 0 Å². The van der Waals surface area contributed by atoms with Gasteiger partial charge in [0.15, 0.2) is 5.69 Å². The van der Waals surface area contributed by atoms with E-state index < -0.39 is 24.0 Å². The van der Waals surface area contributed by atoms with E-state index in [0.717, 1.165) is 22.8 Å². The normalized spacial score (nSPS) is 27.2. The number of anilines is 1. The van der Waals surface area contributed by atoms with Crippen LogP contribution in [0.4, 0.5) is 13.9 Å². The summed E-state index contributed by atoms with van der Waals surface area (Å²) in [5, 5.41) is 17.0. The van der Waals surface area contributed by atoms with Crippen molar-refractivity contribution >= 4 is 28.1 Å². The molecule has 1 N–H and O–H groups in total. The molecule has 2 heterocycles. The molecular weight excluding hydrogens is 316 g/mol. The van der Waals surface area contributed by atoms with Crippen LogP contribution in [-0.4, -0.2) is 40.5 Å². The predicted molar refractivity (Wildman–Crippen MR) is 76.3 cm³/mol. The van der Waals surface area contributed by atoms with Crippen molar-refractivity contribution in [1.29, 1.82) is 0 Å². The molecule has 9 heteroatoms. The number of hydrogen-bond acceptors (Lipinski definition) is 7. The van der Waals surface area contributed by atoms with Crippen molar-refractivity contribution in [2.45, 2.75) is 38.3 Å². The van der Waals surface area contributed by atoms with Crippen molar-refractivity contribution in [2.75, 3.05) is 11.6 Å². The lowest BCUT2D eigenvalue weighted by molar-refractivity contribution is -0.111. The number of carbonyl (C=O) groups is 1. The number of aliphatic hydroxyl groups is 1. The van der Waals surface area contributed by atoms with Crippen LogP contribution in [0.15, 0.2) is 10.5 Å². The van der Waals surface area contributed by atoms with Crippen LogP contribution in [0, 0.1) is 5.92 Å². The van der Waals surface area contributed by atoms with Gasteiger partial charge < -0.3 is 9.84 Å². The third-order valence-electron chi connectivity index (χ3n) is 3.89. The topological polar surface area (TPSA) is 75.0 Å². The number of aromatic nitrogens is 1. The summed E-state index contributed by atoms with van der Waals surface area (Å²) < 4.78 is 31.8. The number of esters is 1. The molecule has 0 radical (unpaired) electrons. The van der Waals surface area contributed by atoms with Crippen LogP contribution in [0.5, 0.6) is 0 Å². The quantitative estimate of drug-likeness (QED) is 0.857. The Bertz CT molecular complexity index is 621. The molecule has 1 aliphatic heterocycles. The molecule has 0 bridgehead atoms. The summed E-state index contributed by atoms with van der Waals surface area (Å²) in [7, 11) is 0. The lowest BCUT2D eigenvalue weighted by atomic mass is 9.94. The van der Waals surface area contributed by atoms with Crippen LogP contribution < -0.4 is 5.01 Å². The summed E-state index contributed by atoms with van der Waals surface area (Å²) in [6.45, 7) is 1.86. The number of thiazole rings is 1. The molecule has 1 aliphatic carbocycles. The highest BCUT2D eigenvalue weighted by molar-refractivity contribution is 7.14. The Morgan fingerprint density at radius 3 is 3.14 bits per heavy atom. The van der Waals surface area contributed by atoms with E-state index in [-0.39, 0.29) is 17.4 Å².